The summed E-state index contributed by atoms with van der Waals surface area (Å²) in [6.07, 6.45) is 7.01. The second-order valence-corrected chi connectivity index (χ2v) is 17.0. The van der Waals surface area contributed by atoms with Crippen LogP contribution in [0.5, 0.6) is 69.0 Å². The van der Waals surface area contributed by atoms with Crippen LogP contribution in [0.1, 0.15) is 22.3 Å². The zero-order valence-corrected chi connectivity index (χ0v) is 62.3. The van der Waals surface area contributed by atoms with Gasteiger partial charge in [0.2, 0.25) is 12.8 Å². The van der Waals surface area contributed by atoms with E-state index in [9.17, 15) is 50.4 Å². The molecule has 8 aromatic rings. The maximum absolute atomic E-state index is 11.8. The largest absolute Gasteiger partial charge is 3.00 e. The molecule has 0 N–H and O–H groups in total. The molecule has 94 heavy (non-hydrogen) atoms. The van der Waals surface area contributed by atoms with Crippen LogP contribution in [-0.4, -0.2) is 114 Å². The van der Waals surface area contributed by atoms with E-state index < -0.39 is 10.2 Å². The molecule has 32 heteroatoms. The van der Waals surface area contributed by atoms with Crippen molar-refractivity contribution in [2.45, 2.75) is 0 Å². The molecule has 0 saturated carbocycles. The van der Waals surface area contributed by atoms with Crippen molar-refractivity contribution in [3.05, 3.63) is 223 Å². The van der Waals surface area contributed by atoms with Crippen molar-refractivity contribution in [1.82, 2.24) is 9.80 Å². The van der Waals surface area contributed by atoms with Crippen molar-refractivity contribution in [2.75, 3.05) is 56.6 Å². The summed E-state index contributed by atoms with van der Waals surface area (Å²) in [4.78, 5) is 54.3. The van der Waals surface area contributed by atoms with E-state index in [4.69, 9.17) is 49.6 Å². The number of amides is 2. The van der Waals surface area contributed by atoms with E-state index in [1.807, 2.05) is 0 Å². The second-order valence-electron chi connectivity index (χ2n) is 17.0. The van der Waals surface area contributed by atoms with E-state index in [0.717, 1.165) is 12.8 Å². The van der Waals surface area contributed by atoms with Gasteiger partial charge in [0, 0.05) is 53.0 Å². The van der Waals surface area contributed by atoms with E-state index in [1.165, 1.54) is 87.4 Å². The Morgan fingerprint density at radius 1 is 0.330 bits per heavy atom. The number of hydrogen-bond acceptors (Lipinski definition) is 24. The number of methoxy groups -OCH3 is 4. The molecule has 484 valence electrons. The van der Waals surface area contributed by atoms with E-state index in [1.54, 1.807) is 174 Å². The van der Waals surface area contributed by atoms with Gasteiger partial charge in [0.15, 0.2) is 0 Å². The van der Waals surface area contributed by atoms with Crippen molar-refractivity contribution in [3.8, 4) is 69.0 Å². The number of benzene rings is 8. The molecule has 28 nitrogen and oxygen atoms in total. The van der Waals surface area contributed by atoms with Crippen LogP contribution < -0.4 is 59.8 Å². The van der Waals surface area contributed by atoms with Crippen molar-refractivity contribution in [3.63, 3.8) is 0 Å². The van der Waals surface area contributed by atoms with Gasteiger partial charge in [0.1, 0.15) is 23.0 Å². The molecule has 0 heterocycles. The maximum Gasteiger partial charge on any atom is 3.00 e. The molecule has 0 saturated heterocycles. The number of carbonyl (C=O) groups excluding carboxylic acids is 2. The van der Waals surface area contributed by atoms with E-state index in [2.05, 4.69) is 20.0 Å². The van der Waals surface area contributed by atoms with Crippen LogP contribution in [0.15, 0.2) is 190 Å². The fourth-order valence-corrected chi connectivity index (χ4v) is 5.99. The Morgan fingerprint density at radius 2 is 0.489 bits per heavy atom. The molecule has 8 rings (SSSR count). The maximum atomic E-state index is 11.8. The standard InChI is InChI=1S/4C14H13NO3.2C3H7NO.2Eu.2NO3.2Zn/c4*1-18-13-8-4-5-10(14(13)17)9-15-11-6-2-3-7-12(11)16;2*1-4(2)3-5;;;2*2-1(3)4;;/h4*2-9,16-17H,1H3;2*3H,1-2H3;;;;;;/q;;;;;;2*+3;2*-1;2*+2/p-8. The zero-order valence-electron chi connectivity index (χ0n) is 51.5. The van der Waals surface area contributed by atoms with Crippen LogP contribution in [0.2, 0.25) is 0 Å². The van der Waals surface area contributed by atoms with Gasteiger partial charge in [-0.1, -0.05) is 167 Å². The van der Waals surface area contributed by atoms with Crippen molar-refractivity contribution < 1.29 is 217 Å². The van der Waals surface area contributed by atoms with Gasteiger partial charge in [-0.3, -0.25) is 29.6 Å². The van der Waals surface area contributed by atoms with Crippen LogP contribution in [0.25, 0.3) is 0 Å². The first-order valence-corrected chi connectivity index (χ1v) is 25.3. The van der Waals surface area contributed by atoms with Crippen LogP contribution >= 0.6 is 0 Å². The molecule has 0 aliphatic heterocycles. The van der Waals surface area contributed by atoms with Gasteiger partial charge in [-0.15, -0.1) is 0 Å². The number of carbonyl (C=O) groups is 2. The van der Waals surface area contributed by atoms with Crippen LogP contribution in [0.3, 0.4) is 0 Å². The molecule has 0 fully saturated rings. The summed E-state index contributed by atoms with van der Waals surface area (Å²) in [7, 11) is 12.5. The molecule has 0 unspecified atom stereocenters. The van der Waals surface area contributed by atoms with Gasteiger partial charge in [-0.25, -0.2) is 0 Å². The van der Waals surface area contributed by atoms with Gasteiger partial charge in [0.05, 0.1) is 61.4 Å². The van der Waals surface area contributed by atoms with E-state index >= 15 is 0 Å². The minimum atomic E-state index is -1.75. The summed E-state index contributed by atoms with van der Waals surface area (Å²) >= 11 is 0. The molecular formula is C62H58Eu2N8O20Zn2. The summed E-state index contributed by atoms with van der Waals surface area (Å²) in [6, 6.07) is 45.2. The minimum Gasteiger partial charge on any atom is -0.871 e. The molecule has 0 spiro atoms. The Morgan fingerprint density at radius 3 is 0.628 bits per heavy atom. The molecule has 0 atom stereocenters. The average Bonchev–Trinajstić information content (AvgIpc) is 0.984. The van der Waals surface area contributed by atoms with Crippen molar-refractivity contribution in [2.24, 2.45) is 20.0 Å². The first kappa shape index (κ1) is 92.2. The first-order chi connectivity index (χ1) is 42.9. The predicted molar refractivity (Wildman–Crippen MR) is 323 cm³/mol. The van der Waals surface area contributed by atoms with Crippen molar-refractivity contribution in [1.29, 1.82) is 0 Å². The fourth-order valence-electron chi connectivity index (χ4n) is 5.99. The number of nitrogens with zero attached hydrogens (tertiary/aromatic N) is 8. The number of aliphatic imine (C=N–C) groups is 4. The van der Waals surface area contributed by atoms with Crippen LogP contribution in [0.4, 0.5) is 22.7 Å². The number of para-hydroxylation sites is 12. The monoisotopic (exact) mass is 1670 g/mol. The third-order valence-electron chi connectivity index (χ3n) is 10.2. The molecule has 0 aromatic heterocycles. The quantitative estimate of drug-likeness (QED) is 0.0438. The Balaban J connectivity index is -0.000000520. The summed E-state index contributed by atoms with van der Waals surface area (Å²) in [5.74, 6) is -0.646. The molecule has 8 aromatic carbocycles. The van der Waals surface area contributed by atoms with E-state index in [-0.39, 0.29) is 207 Å². The minimum absolute atomic E-state index is 0. The average molecular weight is 1670 g/mol. The van der Waals surface area contributed by atoms with E-state index in [0.29, 0.717) is 45.0 Å². The van der Waals surface area contributed by atoms with Gasteiger partial charge in [0.25, 0.3) is 0 Å². The Bertz CT molecular complexity index is 3200. The molecule has 2 amide bonds. The fraction of sp³-hybridized carbons (Fsp3) is 0.129. The van der Waals surface area contributed by atoms with Crippen LogP contribution in [0, 0.1) is 129 Å². The van der Waals surface area contributed by atoms with Crippen LogP contribution in [-0.2, 0) is 48.5 Å². The second kappa shape index (κ2) is 53.2. The normalized spacial score (nSPS) is 9.45. The van der Waals surface area contributed by atoms with Crippen molar-refractivity contribution >= 4 is 60.4 Å². The molecule has 0 aliphatic rings. The Hall–Kier alpha value is -8.20. The zero-order chi connectivity index (χ0) is 67.6. The third-order valence-corrected chi connectivity index (χ3v) is 10.2. The summed E-state index contributed by atoms with van der Waals surface area (Å²) in [5.41, 5.74) is 2.77. The molecule has 0 aliphatic carbocycles. The van der Waals surface area contributed by atoms with Gasteiger partial charge >= 0.3 is 138 Å². The number of hydrogen-bond donors (Lipinski definition) is 0. The SMILES string of the molecule is CN(C)C=O.CN(C)C=O.COc1cccc(C=Nc2ccccc2[O-])c1[O-].COc1cccc(C=Nc2ccccc2[O-])c1[O-].COc1cccc(C=Nc2ccccc2[O-])c1[O-].COc1cccc(C=Nc2ccccc2[O-])c1[O-].O=[N+]([O-])[O-].O=[N+]([O-])[O-].[Eu+3].[Eu+3].[Zn+2].[Zn+2]. The third kappa shape index (κ3) is 37.5. The molecule has 0 bridgehead atoms. The predicted octanol–water partition coefficient (Wildman–Crippen LogP) is 5.30. The number of rotatable bonds is 14. The Kier molecular flexibility index (Phi) is 52.2. The summed E-state index contributed by atoms with van der Waals surface area (Å²) in [5, 5.41) is 122. The van der Waals surface area contributed by atoms with Gasteiger partial charge in [-0.05, 0) is 70.8 Å². The topological polar surface area (TPSA) is 444 Å². The smallest absolute Gasteiger partial charge is 0.871 e. The Labute approximate surface area is 648 Å². The summed E-state index contributed by atoms with van der Waals surface area (Å²) in [6.45, 7) is 0. The summed E-state index contributed by atoms with van der Waals surface area (Å²) < 4.78 is 19.7. The van der Waals surface area contributed by atoms with Gasteiger partial charge in [-0.2, -0.15) is 0 Å². The molecular weight excluding hydrogens is 1610 g/mol. The number of ether oxygens (including phenoxy) is 4. The molecule has 0 radical (unpaired) electrons. The first-order valence-electron chi connectivity index (χ1n) is 25.3. The van der Waals surface area contributed by atoms with Gasteiger partial charge < -0.3 is 100 Å².